The van der Waals surface area contributed by atoms with Gasteiger partial charge in [-0.05, 0) is 53.6 Å². The molecule has 0 atom stereocenters. The summed E-state index contributed by atoms with van der Waals surface area (Å²) in [6, 6.07) is 5.00. The molecule has 0 aliphatic carbocycles. The number of hydrogen-bond donors (Lipinski definition) is 2. The Morgan fingerprint density at radius 2 is 1.85 bits per heavy atom. The van der Waals surface area contributed by atoms with Crippen LogP contribution < -0.4 is 5.32 Å². The van der Waals surface area contributed by atoms with Crippen molar-refractivity contribution in [2.45, 2.75) is 39.5 Å². The fourth-order valence-electron chi connectivity index (χ4n) is 2.14. The molecule has 0 saturated carbocycles. The van der Waals surface area contributed by atoms with Gasteiger partial charge >= 0.3 is 5.97 Å². The van der Waals surface area contributed by atoms with Crippen LogP contribution in [-0.4, -0.2) is 17.0 Å². The summed E-state index contributed by atoms with van der Waals surface area (Å²) in [5.74, 6) is -1.16. The maximum absolute atomic E-state index is 12.2. The third kappa shape index (κ3) is 4.77. The van der Waals surface area contributed by atoms with Crippen LogP contribution in [-0.2, 0) is 4.79 Å². The molecule has 1 amide bonds. The van der Waals surface area contributed by atoms with Gasteiger partial charge in [-0.1, -0.05) is 26.7 Å². The molecule has 1 aromatic carbocycles. The van der Waals surface area contributed by atoms with Crippen LogP contribution in [0.5, 0.6) is 0 Å². The monoisotopic (exact) mass is 389 g/mol. The molecule has 1 aromatic rings. The number of anilines is 1. The van der Waals surface area contributed by atoms with Crippen LogP contribution in [0.1, 0.15) is 49.9 Å². The van der Waals surface area contributed by atoms with E-state index >= 15 is 0 Å². The number of aromatic carboxylic acids is 1. The topological polar surface area (TPSA) is 66.4 Å². The van der Waals surface area contributed by atoms with Crippen LogP contribution in [0.4, 0.5) is 5.69 Å². The summed E-state index contributed by atoms with van der Waals surface area (Å²) in [7, 11) is 0. The van der Waals surface area contributed by atoms with Crippen LogP contribution in [0.15, 0.2) is 18.2 Å². The Kier molecular flexibility index (Phi) is 6.98. The fraction of sp³-hybridized carbons (Fsp3) is 0.467. The Labute approximate surface area is 133 Å². The van der Waals surface area contributed by atoms with E-state index in [0.29, 0.717) is 5.69 Å². The first-order valence-electron chi connectivity index (χ1n) is 6.83. The largest absolute Gasteiger partial charge is 0.478 e. The number of carbonyl (C=O) groups excluding carboxylic acids is 1. The summed E-state index contributed by atoms with van der Waals surface area (Å²) in [5, 5.41) is 12.0. The zero-order chi connectivity index (χ0) is 15.1. The van der Waals surface area contributed by atoms with E-state index in [1.54, 1.807) is 18.2 Å². The molecule has 0 bridgehead atoms. The standard InChI is InChI=1S/C15H20INO3/c1-3-5-10(6-4-2)14(18)17-13-8-7-11(16)9-12(13)15(19)20/h7-10H,3-6H2,1-2H3,(H,17,18)(H,19,20). The van der Waals surface area contributed by atoms with Gasteiger partial charge in [0.1, 0.15) is 0 Å². The molecule has 20 heavy (non-hydrogen) atoms. The molecule has 0 fully saturated rings. The lowest BCUT2D eigenvalue weighted by Gasteiger charge is -2.16. The van der Waals surface area contributed by atoms with E-state index < -0.39 is 5.97 Å². The lowest BCUT2D eigenvalue weighted by molar-refractivity contribution is -0.120. The number of halogens is 1. The normalized spacial score (nSPS) is 10.6. The molecule has 0 aromatic heterocycles. The molecule has 5 heteroatoms. The molecular formula is C15H20INO3. The average Bonchev–Trinajstić information content (AvgIpc) is 2.40. The van der Waals surface area contributed by atoms with Gasteiger partial charge in [-0.2, -0.15) is 0 Å². The average molecular weight is 389 g/mol. The number of nitrogens with one attached hydrogen (secondary N) is 1. The van der Waals surface area contributed by atoms with Gasteiger partial charge in [0.15, 0.2) is 0 Å². The fourth-order valence-corrected chi connectivity index (χ4v) is 2.63. The van der Waals surface area contributed by atoms with E-state index in [4.69, 9.17) is 0 Å². The van der Waals surface area contributed by atoms with Gasteiger partial charge in [-0.25, -0.2) is 4.79 Å². The Bertz CT molecular complexity index is 482. The first kappa shape index (κ1) is 16.9. The van der Waals surface area contributed by atoms with Gasteiger partial charge in [-0.15, -0.1) is 0 Å². The van der Waals surface area contributed by atoms with Gasteiger partial charge in [0.25, 0.3) is 0 Å². The predicted molar refractivity (Wildman–Crippen MR) is 88.1 cm³/mol. The SMILES string of the molecule is CCCC(CCC)C(=O)Nc1ccc(I)cc1C(=O)O. The Balaban J connectivity index is 2.91. The van der Waals surface area contributed by atoms with Crippen molar-refractivity contribution in [1.82, 2.24) is 0 Å². The summed E-state index contributed by atoms with van der Waals surface area (Å²) < 4.78 is 0.830. The lowest BCUT2D eigenvalue weighted by atomic mass is 9.97. The van der Waals surface area contributed by atoms with Gasteiger partial charge in [0.2, 0.25) is 5.91 Å². The minimum atomic E-state index is -1.03. The number of rotatable bonds is 7. The number of carboxylic acids is 1. The van der Waals surface area contributed by atoms with Crippen molar-refractivity contribution in [2.75, 3.05) is 5.32 Å². The first-order chi connectivity index (χ1) is 9.49. The molecule has 110 valence electrons. The molecule has 0 radical (unpaired) electrons. The second kappa shape index (κ2) is 8.24. The molecule has 2 N–H and O–H groups in total. The predicted octanol–water partition coefficient (Wildman–Crippen LogP) is 4.14. The minimum absolute atomic E-state index is 0.0501. The van der Waals surface area contributed by atoms with Crippen LogP contribution in [0.3, 0.4) is 0 Å². The van der Waals surface area contributed by atoms with Crippen molar-refractivity contribution in [3.8, 4) is 0 Å². The summed E-state index contributed by atoms with van der Waals surface area (Å²) >= 11 is 2.05. The maximum Gasteiger partial charge on any atom is 0.337 e. The zero-order valence-corrected chi connectivity index (χ0v) is 13.9. The Morgan fingerprint density at radius 3 is 2.35 bits per heavy atom. The smallest absolute Gasteiger partial charge is 0.337 e. The molecule has 0 heterocycles. The van der Waals surface area contributed by atoms with Crippen molar-refractivity contribution >= 4 is 40.2 Å². The second-order valence-corrected chi connectivity index (χ2v) is 6.00. The minimum Gasteiger partial charge on any atom is -0.478 e. The summed E-state index contributed by atoms with van der Waals surface area (Å²) in [5.41, 5.74) is 0.511. The summed E-state index contributed by atoms with van der Waals surface area (Å²) in [6.45, 7) is 4.09. The molecule has 0 unspecified atom stereocenters. The van der Waals surface area contributed by atoms with E-state index in [1.807, 2.05) is 13.8 Å². The summed E-state index contributed by atoms with van der Waals surface area (Å²) in [4.78, 5) is 23.5. The summed E-state index contributed by atoms with van der Waals surface area (Å²) in [6.07, 6.45) is 3.53. The van der Waals surface area contributed by atoms with Gasteiger partial charge in [0.05, 0.1) is 11.3 Å². The highest BCUT2D eigenvalue weighted by atomic mass is 127. The van der Waals surface area contributed by atoms with Crippen molar-refractivity contribution in [2.24, 2.45) is 5.92 Å². The lowest BCUT2D eigenvalue weighted by Crippen LogP contribution is -2.24. The quantitative estimate of drug-likeness (QED) is 0.689. The van der Waals surface area contributed by atoms with Crippen LogP contribution in [0.25, 0.3) is 0 Å². The van der Waals surface area contributed by atoms with E-state index in [1.165, 1.54) is 0 Å². The van der Waals surface area contributed by atoms with Gasteiger partial charge < -0.3 is 10.4 Å². The molecular weight excluding hydrogens is 369 g/mol. The highest BCUT2D eigenvalue weighted by Crippen LogP contribution is 2.22. The van der Waals surface area contributed by atoms with E-state index in [2.05, 4.69) is 27.9 Å². The number of benzene rings is 1. The molecule has 0 saturated heterocycles. The van der Waals surface area contributed by atoms with E-state index in [-0.39, 0.29) is 17.4 Å². The Morgan fingerprint density at radius 1 is 1.25 bits per heavy atom. The van der Waals surface area contributed by atoms with Crippen molar-refractivity contribution in [3.63, 3.8) is 0 Å². The van der Waals surface area contributed by atoms with Crippen molar-refractivity contribution in [1.29, 1.82) is 0 Å². The number of amides is 1. The highest BCUT2D eigenvalue weighted by molar-refractivity contribution is 14.1. The number of carbonyl (C=O) groups is 2. The van der Waals surface area contributed by atoms with Crippen molar-refractivity contribution in [3.05, 3.63) is 27.3 Å². The molecule has 0 spiro atoms. The maximum atomic E-state index is 12.2. The zero-order valence-electron chi connectivity index (χ0n) is 11.8. The van der Waals surface area contributed by atoms with Crippen LogP contribution in [0.2, 0.25) is 0 Å². The molecule has 0 aliphatic heterocycles. The third-order valence-electron chi connectivity index (χ3n) is 3.11. The Hall–Kier alpha value is -1.11. The van der Waals surface area contributed by atoms with E-state index in [9.17, 15) is 14.7 Å². The first-order valence-corrected chi connectivity index (χ1v) is 7.91. The third-order valence-corrected chi connectivity index (χ3v) is 3.79. The molecule has 0 aliphatic rings. The molecule has 4 nitrogen and oxygen atoms in total. The number of hydrogen-bond acceptors (Lipinski definition) is 2. The van der Waals surface area contributed by atoms with Gasteiger partial charge in [-0.3, -0.25) is 4.79 Å². The second-order valence-electron chi connectivity index (χ2n) is 4.76. The molecule has 1 rings (SSSR count). The van der Waals surface area contributed by atoms with Crippen molar-refractivity contribution < 1.29 is 14.7 Å². The highest BCUT2D eigenvalue weighted by Gasteiger charge is 2.19. The number of carboxylic acid groups (broad SMARTS) is 1. The van der Waals surface area contributed by atoms with Gasteiger partial charge in [0, 0.05) is 9.49 Å². The van der Waals surface area contributed by atoms with E-state index in [0.717, 1.165) is 29.3 Å². The van der Waals surface area contributed by atoms with Crippen LogP contribution in [0, 0.1) is 9.49 Å². The van der Waals surface area contributed by atoms with Crippen LogP contribution >= 0.6 is 22.6 Å².